The number of rotatable bonds is 9. The predicted molar refractivity (Wildman–Crippen MR) is 148 cm³/mol. The van der Waals surface area contributed by atoms with Gasteiger partial charge in [-0.1, -0.05) is 25.4 Å². The summed E-state index contributed by atoms with van der Waals surface area (Å²) in [5.74, 6) is 5.46. The van der Waals surface area contributed by atoms with Crippen molar-refractivity contribution < 1.29 is 22.7 Å². The molecule has 0 saturated heterocycles. The molecule has 3 rings (SSSR count). The molecule has 6 N–H and O–H groups in total. The molecule has 2 unspecified atom stereocenters. The summed E-state index contributed by atoms with van der Waals surface area (Å²) in [7, 11) is 3.16. The molecule has 1 aliphatic rings. The summed E-state index contributed by atoms with van der Waals surface area (Å²) in [6.45, 7) is 5.80. The van der Waals surface area contributed by atoms with Crippen LogP contribution in [-0.4, -0.2) is 43.4 Å². The van der Waals surface area contributed by atoms with Crippen molar-refractivity contribution in [2.24, 2.45) is 22.6 Å². The van der Waals surface area contributed by atoms with E-state index in [-0.39, 0.29) is 57.8 Å². The van der Waals surface area contributed by atoms with Crippen molar-refractivity contribution >= 4 is 35.1 Å². The first-order chi connectivity index (χ1) is 18.2. The number of nitrogens with zero attached hydrogens (tertiary/aromatic N) is 3. The summed E-state index contributed by atoms with van der Waals surface area (Å²) < 4.78 is 46.4. The van der Waals surface area contributed by atoms with Crippen LogP contribution in [0.4, 0.5) is 24.5 Å². The van der Waals surface area contributed by atoms with Crippen molar-refractivity contribution in [2.75, 3.05) is 24.5 Å². The molecule has 0 spiro atoms. The van der Waals surface area contributed by atoms with Gasteiger partial charge in [-0.2, -0.15) is 18.3 Å². The Morgan fingerprint density at radius 2 is 2.00 bits per heavy atom. The number of hydrazone groups is 1. The van der Waals surface area contributed by atoms with Crippen LogP contribution in [0, 0.1) is 5.92 Å². The number of ether oxygens (including phenoxy) is 1. The molecule has 39 heavy (non-hydrogen) atoms. The summed E-state index contributed by atoms with van der Waals surface area (Å²) in [5, 5.41) is 13.0. The zero-order valence-electron chi connectivity index (χ0n) is 22.3. The number of halogens is 4. The number of hydrogen-bond donors (Lipinski definition) is 4. The number of anilines is 2. The lowest BCUT2D eigenvalue weighted by atomic mass is 10.0. The molecule has 2 aromatic carbocycles. The van der Waals surface area contributed by atoms with E-state index in [0.29, 0.717) is 5.70 Å². The number of benzene rings is 2. The SMILES string of the molecule is COc1c(CNC(C)C)cc(C(F)(F)F)cc1NC(=O)c1ccc(Cl)c(N(N)/C=C(\N)C2C=NN(C)C2C)c1. The summed E-state index contributed by atoms with van der Waals surface area (Å²) in [6.07, 6.45) is -1.43. The van der Waals surface area contributed by atoms with E-state index in [2.05, 4.69) is 15.7 Å². The molecule has 13 heteroatoms. The number of carbonyl (C=O) groups excluding carboxylic acids is 1. The summed E-state index contributed by atoms with van der Waals surface area (Å²) >= 11 is 6.34. The summed E-state index contributed by atoms with van der Waals surface area (Å²) in [5.41, 5.74) is 6.26. The maximum atomic E-state index is 13.7. The maximum Gasteiger partial charge on any atom is 0.416 e. The number of methoxy groups -OCH3 is 1. The van der Waals surface area contributed by atoms with E-state index in [1.54, 1.807) is 11.2 Å². The second-order valence-electron chi connectivity index (χ2n) is 9.51. The first-order valence-corrected chi connectivity index (χ1v) is 12.5. The molecule has 9 nitrogen and oxygen atoms in total. The monoisotopic (exact) mass is 567 g/mol. The summed E-state index contributed by atoms with van der Waals surface area (Å²) in [6, 6.07) is 6.19. The van der Waals surface area contributed by atoms with Gasteiger partial charge in [0.15, 0.2) is 0 Å². The van der Waals surface area contributed by atoms with Crippen molar-refractivity contribution in [1.29, 1.82) is 0 Å². The van der Waals surface area contributed by atoms with Crippen LogP contribution in [0.25, 0.3) is 0 Å². The van der Waals surface area contributed by atoms with E-state index in [1.165, 1.54) is 36.5 Å². The Kier molecular flexibility index (Phi) is 9.36. The Hall–Kier alpha value is -3.48. The third-order valence-corrected chi connectivity index (χ3v) is 6.64. The van der Waals surface area contributed by atoms with Gasteiger partial charge in [0.2, 0.25) is 0 Å². The average Bonchev–Trinajstić information content (AvgIpc) is 3.19. The number of carbonyl (C=O) groups is 1. The van der Waals surface area contributed by atoms with Gasteiger partial charge in [0, 0.05) is 48.9 Å². The molecule has 212 valence electrons. The van der Waals surface area contributed by atoms with Crippen molar-refractivity contribution in [2.45, 2.75) is 45.6 Å². The molecule has 0 radical (unpaired) electrons. The van der Waals surface area contributed by atoms with E-state index in [4.69, 9.17) is 27.9 Å². The Bertz CT molecular complexity index is 1270. The van der Waals surface area contributed by atoms with E-state index in [0.717, 1.165) is 12.1 Å². The van der Waals surface area contributed by atoms with Gasteiger partial charge in [-0.05, 0) is 37.3 Å². The number of hydrogen-bond acceptors (Lipinski definition) is 8. The lowest BCUT2D eigenvalue weighted by Gasteiger charge is -2.23. The number of nitrogens with two attached hydrogens (primary N) is 2. The molecule has 2 atom stereocenters. The summed E-state index contributed by atoms with van der Waals surface area (Å²) in [4.78, 5) is 13.2. The van der Waals surface area contributed by atoms with E-state index >= 15 is 0 Å². The zero-order chi connectivity index (χ0) is 29.1. The van der Waals surface area contributed by atoms with Gasteiger partial charge in [-0.15, -0.1) is 0 Å². The molecule has 0 aromatic heterocycles. The standard InChI is InChI=1S/C26H33ClF3N7O2/c1-14(2)33-11-17-8-18(26(28,29)30)10-22(24(17)39-5)35-25(38)16-6-7-20(27)23(9-16)37(32)13-21(31)19-12-34-36(4)15(19)3/h6-10,12-15,19,33H,11,31-32H2,1-5H3,(H,35,38)/b21-13-. The van der Waals surface area contributed by atoms with Crippen molar-refractivity contribution in [1.82, 2.24) is 10.3 Å². The Balaban J connectivity index is 1.92. The predicted octanol–water partition coefficient (Wildman–Crippen LogP) is 4.53. The van der Waals surface area contributed by atoms with Gasteiger partial charge < -0.3 is 21.1 Å². The quantitative estimate of drug-likeness (QED) is 0.259. The Morgan fingerprint density at radius 3 is 2.56 bits per heavy atom. The van der Waals surface area contributed by atoms with E-state index < -0.39 is 17.6 Å². The second-order valence-corrected chi connectivity index (χ2v) is 9.92. The molecule has 0 fully saturated rings. The molecule has 0 bridgehead atoms. The number of hydrazine groups is 1. The van der Waals surface area contributed by atoms with Crippen molar-refractivity contribution in [3.05, 3.63) is 63.9 Å². The van der Waals surface area contributed by atoms with Crippen molar-refractivity contribution in [3.8, 4) is 5.75 Å². The molecule has 2 aromatic rings. The third-order valence-electron chi connectivity index (χ3n) is 6.32. The van der Waals surface area contributed by atoms with Gasteiger partial charge in [-0.3, -0.25) is 14.8 Å². The fraction of sp³-hybridized carbons (Fsp3) is 0.385. The molecule has 1 heterocycles. The van der Waals surface area contributed by atoms with Crippen LogP contribution < -0.4 is 32.0 Å². The van der Waals surface area contributed by atoms with Crippen LogP contribution in [0.15, 0.2) is 47.3 Å². The zero-order valence-corrected chi connectivity index (χ0v) is 23.1. The van der Waals surface area contributed by atoms with Crippen LogP contribution >= 0.6 is 11.6 Å². The highest BCUT2D eigenvalue weighted by molar-refractivity contribution is 6.33. The van der Waals surface area contributed by atoms with Crippen LogP contribution in [0.5, 0.6) is 5.75 Å². The highest BCUT2D eigenvalue weighted by atomic mass is 35.5. The van der Waals surface area contributed by atoms with Gasteiger partial charge in [0.25, 0.3) is 5.91 Å². The van der Waals surface area contributed by atoms with Gasteiger partial charge in [-0.25, -0.2) is 5.84 Å². The van der Waals surface area contributed by atoms with Crippen molar-refractivity contribution in [3.63, 3.8) is 0 Å². The second kappa shape index (κ2) is 12.1. The number of nitrogens with one attached hydrogen (secondary N) is 2. The first kappa shape index (κ1) is 30.1. The minimum atomic E-state index is -4.63. The number of amides is 1. The fourth-order valence-electron chi connectivity index (χ4n) is 4.00. The molecule has 0 aliphatic carbocycles. The largest absolute Gasteiger partial charge is 0.494 e. The average molecular weight is 568 g/mol. The van der Waals surface area contributed by atoms with Gasteiger partial charge >= 0.3 is 6.18 Å². The van der Waals surface area contributed by atoms with E-state index in [1.807, 2.05) is 27.8 Å². The van der Waals surface area contributed by atoms with Crippen LogP contribution in [0.2, 0.25) is 5.02 Å². The number of alkyl halides is 3. The smallest absolute Gasteiger partial charge is 0.416 e. The topological polar surface area (TPSA) is 121 Å². The normalized spacial score (nSPS) is 17.6. The van der Waals surface area contributed by atoms with E-state index in [9.17, 15) is 18.0 Å². The highest BCUT2D eigenvalue weighted by Crippen LogP contribution is 2.38. The van der Waals surface area contributed by atoms with Crippen LogP contribution in [0.3, 0.4) is 0 Å². The molecular formula is C26H33ClF3N7O2. The lowest BCUT2D eigenvalue weighted by molar-refractivity contribution is -0.137. The highest BCUT2D eigenvalue weighted by Gasteiger charge is 2.33. The first-order valence-electron chi connectivity index (χ1n) is 12.1. The molecule has 1 amide bonds. The fourth-order valence-corrected chi connectivity index (χ4v) is 4.21. The van der Waals surface area contributed by atoms with Crippen LogP contribution in [0.1, 0.15) is 42.3 Å². The van der Waals surface area contributed by atoms with Gasteiger partial charge in [0.1, 0.15) is 5.75 Å². The Morgan fingerprint density at radius 1 is 1.31 bits per heavy atom. The minimum absolute atomic E-state index is 0.0159. The lowest BCUT2D eigenvalue weighted by Crippen LogP contribution is -2.33. The minimum Gasteiger partial charge on any atom is -0.494 e. The maximum absolute atomic E-state index is 13.7. The Labute approximate surface area is 230 Å². The molecule has 0 saturated carbocycles. The van der Waals surface area contributed by atoms with Crippen LogP contribution in [-0.2, 0) is 12.7 Å². The van der Waals surface area contributed by atoms with Gasteiger partial charge in [0.05, 0.1) is 41.0 Å². The molecular weight excluding hydrogens is 535 g/mol. The third kappa shape index (κ3) is 7.14. The molecule has 1 aliphatic heterocycles.